The third kappa shape index (κ3) is 3.54. The van der Waals surface area contributed by atoms with Gasteiger partial charge in [-0.1, -0.05) is 19.1 Å². The molecule has 0 aliphatic heterocycles. The lowest BCUT2D eigenvalue weighted by Gasteiger charge is -2.23. The summed E-state index contributed by atoms with van der Waals surface area (Å²) >= 11 is 0. The predicted octanol–water partition coefficient (Wildman–Crippen LogP) is 2.10. The highest BCUT2D eigenvalue weighted by molar-refractivity contribution is 5.85. The molecular weight excluding hydrogens is 270 g/mol. The lowest BCUT2D eigenvalue weighted by molar-refractivity contribution is -0.148. The van der Waals surface area contributed by atoms with Crippen LogP contribution < -0.4 is 0 Å². The maximum atomic E-state index is 12.5. The van der Waals surface area contributed by atoms with E-state index in [0.717, 1.165) is 5.56 Å². The Morgan fingerprint density at radius 1 is 1.29 bits per heavy atom. The Balaban J connectivity index is 2.06. The van der Waals surface area contributed by atoms with Gasteiger partial charge in [-0.3, -0.25) is 9.59 Å². The molecule has 0 bridgehead atoms. The van der Waals surface area contributed by atoms with E-state index in [2.05, 4.69) is 0 Å². The molecule has 1 aromatic rings. The molecule has 0 saturated heterocycles. The predicted molar refractivity (Wildman–Crippen MR) is 77.6 cm³/mol. The molecule has 5 heteroatoms. The number of hydrogen-bond acceptors (Lipinski definition) is 3. The quantitative estimate of drug-likeness (QED) is 0.890. The van der Waals surface area contributed by atoms with Crippen molar-refractivity contribution < 1.29 is 19.8 Å². The van der Waals surface area contributed by atoms with Crippen LogP contribution in [0.15, 0.2) is 24.3 Å². The Hall–Kier alpha value is -2.04. The van der Waals surface area contributed by atoms with E-state index in [-0.39, 0.29) is 17.6 Å². The van der Waals surface area contributed by atoms with E-state index in [4.69, 9.17) is 0 Å². The van der Waals surface area contributed by atoms with Crippen LogP contribution in [0.25, 0.3) is 0 Å². The standard InChI is InChI=1S/C16H21NO4/c1-10-6-13(14(7-10)16(20)21)15(19)17(2)9-11-4-3-5-12(18)8-11/h3-5,8,10,13-14,18H,6-7,9H2,1-2H3,(H,20,21)/t10?,13-,14+/m0/s1. The van der Waals surface area contributed by atoms with Crippen molar-refractivity contribution in [3.8, 4) is 5.75 Å². The molecule has 1 aliphatic carbocycles. The maximum absolute atomic E-state index is 12.5. The number of carbonyl (C=O) groups is 2. The molecular formula is C16H21NO4. The summed E-state index contributed by atoms with van der Waals surface area (Å²) in [7, 11) is 1.67. The van der Waals surface area contributed by atoms with Gasteiger partial charge in [0.05, 0.1) is 11.8 Å². The van der Waals surface area contributed by atoms with Gasteiger partial charge >= 0.3 is 5.97 Å². The monoisotopic (exact) mass is 291 g/mol. The summed E-state index contributed by atoms with van der Waals surface area (Å²) in [6.45, 7) is 2.35. The van der Waals surface area contributed by atoms with Crippen molar-refractivity contribution in [1.82, 2.24) is 4.90 Å². The number of phenolic OH excluding ortho intramolecular Hbond substituents is 1. The number of aliphatic carboxylic acids is 1. The van der Waals surface area contributed by atoms with Gasteiger partial charge in [0.25, 0.3) is 0 Å². The number of amides is 1. The van der Waals surface area contributed by atoms with Crippen molar-refractivity contribution >= 4 is 11.9 Å². The van der Waals surface area contributed by atoms with E-state index in [1.165, 1.54) is 0 Å². The zero-order chi connectivity index (χ0) is 15.6. The molecule has 3 atom stereocenters. The zero-order valence-corrected chi connectivity index (χ0v) is 12.3. The first-order valence-corrected chi connectivity index (χ1v) is 7.14. The molecule has 1 aliphatic rings. The smallest absolute Gasteiger partial charge is 0.307 e. The fraction of sp³-hybridized carbons (Fsp3) is 0.500. The number of hydrogen-bond donors (Lipinski definition) is 2. The van der Waals surface area contributed by atoms with Gasteiger partial charge in [-0.25, -0.2) is 0 Å². The van der Waals surface area contributed by atoms with Crippen LogP contribution >= 0.6 is 0 Å². The second-order valence-corrected chi connectivity index (χ2v) is 5.99. The summed E-state index contributed by atoms with van der Waals surface area (Å²) in [4.78, 5) is 25.3. The molecule has 1 unspecified atom stereocenters. The van der Waals surface area contributed by atoms with E-state index >= 15 is 0 Å². The average Bonchev–Trinajstić information content (AvgIpc) is 2.80. The Morgan fingerprint density at radius 3 is 2.57 bits per heavy atom. The second-order valence-electron chi connectivity index (χ2n) is 5.99. The molecule has 2 N–H and O–H groups in total. The number of carboxylic acid groups (broad SMARTS) is 1. The summed E-state index contributed by atoms with van der Waals surface area (Å²) in [5.74, 6) is -1.63. The van der Waals surface area contributed by atoms with Crippen molar-refractivity contribution in [2.75, 3.05) is 7.05 Å². The fourth-order valence-electron chi connectivity index (χ4n) is 3.13. The van der Waals surface area contributed by atoms with Gasteiger partial charge in [-0.05, 0) is 36.5 Å². The maximum Gasteiger partial charge on any atom is 0.307 e. The summed E-state index contributed by atoms with van der Waals surface area (Å²) < 4.78 is 0. The average molecular weight is 291 g/mol. The highest BCUT2D eigenvalue weighted by Gasteiger charge is 2.42. The highest BCUT2D eigenvalue weighted by Crippen LogP contribution is 2.37. The molecule has 21 heavy (non-hydrogen) atoms. The summed E-state index contributed by atoms with van der Waals surface area (Å²) in [6.07, 6.45) is 1.19. The molecule has 1 amide bonds. The van der Waals surface area contributed by atoms with Crippen molar-refractivity contribution in [2.45, 2.75) is 26.3 Å². The van der Waals surface area contributed by atoms with E-state index in [0.29, 0.717) is 19.4 Å². The second kappa shape index (κ2) is 6.16. The lowest BCUT2D eigenvalue weighted by Crippen LogP contribution is -2.36. The number of benzene rings is 1. The minimum absolute atomic E-state index is 0.130. The number of carbonyl (C=O) groups excluding carboxylic acids is 1. The first-order chi connectivity index (χ1) is 9.88. The first-order valence-electron chi connectivity index (χ1n) is 7.14. The van der Waals surface area contributed by atoms with E-state index < -0.39 is 17.8 Å². The molecule has 2 rings (SSSR count). The number of aromatic hydroxyl groups is 1. The Bertz CT molecular complexity index is 543. The number of phenols is 1. The summed E-state index contributed by atoms with van der Waals surface area (Å²) in [6, 6.07) is 6.73. The van der Waals surface area contributed by atoms with Crippen LogP contribution in [-0.2, 0) is 16.1 Å². The third-order valence-corrected chi connectivity index (χ3v) is 4.14. The van der Waals surface area contributed by atoms with Gasteiger partial charge in [-0.15, -0.1) is 0 Å². The molecule has 1 aromatic carbocycles. The van der Waals surface area contributed by atoms with Crippen LogP contribution in [0.2, 0.25) is 0 Å². The van der Waals surface area contributed by atoms with Crippen LogP contribution in [0, 0.1) is 17.8 Å². The fourth-order valence-corrected chi connectivity index (χ4v) is 3.13. The summed E-state index contributed by atoms with van der Waals surface area (Å²) in [5.41, 5.74) is 0.823. The van der Waals surface area contributed by atoms with Crippen LogP contribution in [0.5, 0.6) is 5.75 Å². The van der Waals surface area contributed by atoms with Crippen LogP contribution in [0.3, 0.4) is 0 Å². The highest BCUT2D eigenvalue weighted by atomic mass is 16.4. The van der Waals surface area contributed by atoms with E-state index in [9.17, 15) is 19.8 Å². The molecule has 0 aromatic heterocycles. The van der Waals surface area contributed by atoms with Crippen LogP contribution in [0.4, 0.5) is 0 Å². The topological polar surface area (TPSA) is 77.8 Å². The van der Waals surface area contributed by atoms with Crippen molar-refractivity contribution in [3.05, 3.63) is 29.8 Å². The number of nitrogens with zero attached hydrogens (tertiary/aromatic N) is 1. The molecule has 1 saturated carbocycles. The lowest BCUT2D eigenvalue weighted by atomic mass is 9.94. The Morgan fingerprint density at radius 2 is 1.95 bits per heavy atom. The minimum atomic E-state index is -0.886. The summed E-state index contributed by atoms with van der Waals surface area (Å²) in [5, 5.41) is 18.7. The molecule has 5 nitrogen and oxygen atoms in total. The van der Waals surface area contributed by atoms with Crippen molar-refractivity contribution in [3.63, 3.8) is 0 Å². The normalized spacial score (nSPS) is 24.8. The SMILES string of the molecule is CC1C[C@H](C(=O)N(C)Cc2cccc(O)c2)[C@H](C(=O)O)C1. The van der Waals surface area contributed by atoms with Gasteiger partial charge in [0.1, 0.15) is 5.75 Å². The van der Waals surface area contributed by atoms with Gasteiger partial charge < -0.3 is 15.1 Å². The minimum Gasteiger partial charge on any atom is -0.508 e. The zero-order valence-electron chi connectivity index (χ0n) is 12.3. The van der Waals surface area contributed by atoms with Crippen LogP contribution in [0.1, 0.15) is 25.3 Å². The molecule has 0 radical (unpaired) electrons. The van der Waals surface area contributed by atoms with E-state index in [1.54, 1.807) is 30.1 Å². The van der Waals surface area contributed by atoms with Crippen molar-refractivity contribution in [2.24, 2.45) is 17.8 Å². The van der Waals surface area contributed by atoms with Gasteiger partial charge in [0.2, 0.25) is 5.91 Å². The molecule has 114 valence electrons. The largest absolute Gasteiger partial charge is 0.508 e. The third-order valence-electron chi connectivity index (χ3n) is 4.14. The van der Waals surface area contributed by atoms with Crippen LogP contribution in [-0.4, -0.2) is 34.0 Å². The molecule has 0 spiro atoms. The van der Waals surface area contributed by atoms with Gasteiger partial charge in [-0.2, -0.15) is 0 Å². The Kier molecular flexibility index (Phi) is 4.50. The van der Waals surface area contributed by atoms with Crippen molar-refractivity contribution in [1.29, 1.82) is 0 Å². The van der Waals surface area contributed by atoms with Gasteiger partial charge in [0.15, 0.2) is 0 Å². The first kappa shape index (κ1) is 15.4. The van der Waals surface area contributed by atoms with E-state index in [1.807, 2.05) is 13.0 Å². The molecule has 0 heterocycles. The Labute approximate surface area is 124 Å². The molecule has 1 fully saturated rings. The van der Waals surface area contributed by atoms with Gasteiger partial charge in [0, 0.05) is 13.6 Å². The number of carboxylic acids is 1. The number of rotatable bonds is 4.